The molecule has 0 saturated carbocycles. The molecule has 3 nitrogen and oxygen atoms in total. The highest BCUT2D eigenvalue weighted by Crippen LogP contribution is 2.28. The van der Waals surface area contributed by atoms with Crippen LogP contribution in [0, 0.1) is 0 Å². The Balaban J connectivity index is 2.21. The summed E-state index contributed by atoms with van der Waals surface area (Å²) < 4.78 is 5.47. The molecule has 1 unspecified atom stereocenters. The Bertz CT molecular complexity index is 365. The molecule has 1 heterocycles. The maximum atomic E-state index is 6.03. The van der Waals surface area contributed by atoms with Gasteiger partial charge in [0.1, 0.15) is 0 Å². The molecule has 2 rings (SSSR count). The zero-order valence-corrected chi connectivity index (χ0v) is 10.7. The van der Waals surface area contributed by atoms with E-state index in [-0.39, 0.29) is 6.04 Å². The van der Waals surface area contributed by atoms with Crippen molar-refractivity contribution in [2.24, 2.45) is 5.73 Å². The van der Waals surface area contributed by atoms with E-state index < -0.39 is 0 Å². The van der Waals surface area contributed by atoms with Gasteiger partial charge in [0.25, 0.3) is 0 Å². The lowest BCUT2D eigenvalue weighted by Crippen LogP contribution is -2.39. The summed E-state index contributed by atoms with van der Waals surface area (Å²) in [6.45, 7) is 4.11. The van der Waals surface area contributed by atoms with E-state index >= 15 is 0 Å². The van der Waals surface area contributed by atoms with E-state index in [1.165, 1.54) is 17.7 Å². The van der Waals surface area contributed by atoms with Crippen molar-refractivity contribution in [2.45, 2.75) is 31.9 Å². The molecule has 0 spiro atoms. The number of anilines is 1. The zero-order valence-electron chi connectivity index (χ0n) is 10.7. The number of hydrogen-bond donors (Lipinski definition) is 1. The third-order valence-electron chi connectivity index (χ3n) is 3.48. The second kappa shape index (κ2) is 5.52. The van der Waals surface area contributed by atoms with Gasteiger partial charge in [-0.05, 0) is 31.4 Å². The van der Waals surface area contributed by atoms with Gasteiger partial charge in [0.15, 0.2) is 0 Å². The predicted molar refractivity (Wildman–Crippen MR) is 71.3 cm³/mol. The molecule has 1 fully saturated rings. The minimum atomic E-state index is 0.0779. The van der Waals surface area contributed by atoms with Gasteiger partial charge in [0.2, 0.25) is 0 Å². The molecule has 3 heteroatoms. The summed E-state index contributed by atoms with van der Waals surface area (Å²) in [6.07, 6.45) is 2.70. The molecule has 1 aliphatic heterocycles. The highest BCUT2D eigenvalue weighted by atomic mass is 16.5. The predicted octanol–water partition coefficient (Wildman–Crippen LogP) is 2.32. The SMILES string of the molecule is COC1CCCN(c2ccccc2[C@H](C)N)C1. The molecule has 1 aromatic rings. The molecular formula is C14H22N2O. The minimum Gasteiger partial charge on any atom is -0.380 e. The molecule has 1 aromatic carbocycles. The first kappa shape index (κ1) is 12.4. The first-order valence-corrected chi connectivity index (χ1v) is 6.34. The zero-order chi connectivity index (χ0) is 12.3. The molecule has 0 aliphatic carbocycles. The van der Waals surface area contributed by atoms with Crippen LogP contribution in [0.1, 0.15) is 31.4 Å². The van der Waals surface area contributed by atoms with Crippen molar-refractivity contribution in [1.29, 1.82) is 0 Å². The van der Waals surface area contributed by atoms with Crippen LogP contribution < -0.4 is 10.6 Å². The lowest BCUT2D eigenvalue weighted by atomic mass is 10.0. The van der Waals surface area contributed by atoms with Gasteiger partial charge < -0.3 is 15.4 Å². The highest BCUT2D eigenvalue weighted by Gasteiger charge is 2.21. The number of para-hydroxylation sites is 1. The lowest BCUT2D eigenvalue weighted by Gasteiger charge is -2.35. The number of nitrogens with zero attached hydrogens (tertiary/aromatic N) is 1. The van der Waals surface area contributed by atoms with Crippen molar-refractivity contribution in [3.8, 4) is 0 Å². The van der Waals surface area contributed by atoms with Crippen LogP contribution in [0.2, 0.25) is 0 Å². The first-order valence-electron chi connectivity index (χ1n) is 6.34. The van der Waals surface area contributed by atoms with Crippen molar-refractivity contribution < 1.29 is 4.74 Å². The fourth-order valence-electron chi connectivity index (χ4n) is 2.51. The lowest BCUT2D eigenvalue weighted by molar-refractivity contribution is 0.0893. The van der Waals surface area contributed by atoms with Crippen LogP contribution in [0.15, 0.2) is 24.3 Å². The Kier molecular flexibility index (Phi) is 4.02. The Morgan fingerprint density at radius 3 is 2.88 bits per heavy atom. The Hall–Kier alpha value is -1.06. The standard InChI is InChI=1S/C14H22N2O/c1-11(15)13-7-3-4-8-14(13)16-9-5-6-12(10-16)17-2/h3-4,7-8,11-12H,5-6,9-10,15H2,1-2H3/t11-,12?/m0/s1. The highest BCUT2D eigenvalue weighted by molar-refractivity contribution is 5.55. The number of rotatable bonds is 3. The molecule has 2 atom stereocenters. The molecular weight excluding hydrogens is 212 g/mol. The van der Waals surface area contributed by atoms with Gasteiger partial charge in [0.05, 0.1) is 6.10 Å². The summed E-state index contributed by atoms with van der Waals surface area (Å²) >= 11 is 0. The maximum Gasteiger partial charge on any atom is 0.0746 e. The van der Waals surface area contributed by atoms with Gasteiger partial charge in [-0.1, -0.05) is 18.2 Å². The van der Waals surface area contributed by atoms with E-state index in [0.717, 1.165) is 19.5 Å². The fraction of sp³-hybridized carbons (Fsp3) is 0.571. The normalized spacial score (nSPS) is 22.5. The van der Waals surface area contributed by atoms with Gasteiger partial charge in [-0.3, -0.25) is 0 Å². The van der Waals surface area contributed by atoms with Crippen LogP contribution >= 0.6 is 0 Å². The first-order chi connectivity index (χ1) is 8.22. The molecule has 17 heavy (non-hydrogen) atoms. The minimum absolute atomic E-state index is 0.0779. The van der Waals surface area contributed by atoms with E-state index in [1.54, 1.807) is 7.11 Å². The third-order valence-corrected chi connectivity index (χ3v) is 3.48. The van der Waals surface area contributed by atoms with Gasteiger partial charge in [-0.2, -0.15) is 0 Å². The summed E-state index contributed by atoms with van der Waals surface area (Å²) in [5, 5.41) is 0. The largest absolute Gasteiger partial charge is 0.380 e. The van der Waals surface area contributed by atoms with Crippen LogP contribution in [0.5, 0.6) is 0 Å². The topological polar surface area (TPSA) is 38.5 Å². The third kappa shape index (κ3) is 2.79. The Labute approximate surface area is 104 Å². The van der Waals surface area contributed by atoms with Gasteiger partial charge in [-0.15, -0.1) is 0 Å². The Morgan fingerprint density at radius 2 is 2.18 bits per heavy atom. The van der Waals surface area contributed by atoms with E-state index in [4.69, 9.17) is 10.5 Å². The van der Waals surface area contributed by atoms with E-state index in [9.17, 15) is 0 Å². The Morgan fingerprint density at radius 1 is 1.41 bits per heavy atom. The van der Waals surface area contributed by atoms with Crippen molar-refractivity contribution >= 4 is 5.69 Å². The van der Waals surface area contributed by atoms with Crippen molar-refractivity contribution in [1.82, 2.24) is 0 Å². The smallest absolute Gasteiger partial charge is 0.0746 e. The molecule has 94 valence electrons. The van der Waals surface area contributed by atoms with Crippen LogP contribution in [0.4, 0.5) is 5.69 Å². The average molecular weight is 234 g/mol. The quantitative estimate of drug-likeness (QED) is 0.872. The summed E-state index contributed by atoms with van der Waals surface area (Å²) in [5.74, 6) is 0. The molecule has 0 bridgehead atoms. The van der Waals surface area contributed by atoms with E-state index in [0.29, 0.717) is 6.10 Å². The number of nitrogens with two attached hydrogens (primary N) is 1. The van der Waals surface area contributed by atoms with Crippen molar-refractivity contribution in [2.75, 3.05) is 25.1 Å². The fourth-order valence-corrected chi connectivity index (χ4v) is 2.51. The number of benzene rings is 1. The molecule has 0 aromatic heterocycles. The van der Waals surface area contributed by atoms with Crippen LogP contribution in [-0.2, 0) is 4.74 Å². The van der Waals surface area contributed by atoms with Crippen LogP contribution in [-0.4, -0.2) is 26.3 Å². The van der Waals surface area contributed by atoms with Crippen molar-refractivity contribution in [3.05, 3.63) is 29.8 Å². The summed E-state index contributed by atoms with van der Waals surface area (Å²) in [7, 11) is 1.80. The average Bonchev–Trinajstić information content (AvgIpc) is 2.39. The van der Waals surface area contributed by atoms with Gasteiger partial charge in [0, 0.05) is 31.9 Å². The number of hydrogen-bond acceptors (Lipinski definition) is 3. The van der Waals surface area contributed by atoms with Gasteiger partial charge in [-0.25, -0.2) is 0 Å². The summed E-state index contributed by atoms with van der Waals surface area (Å²) in [4.78, 5) is 2.40. The molecule has 0 radical (unpaired) electrons. The monoisotopic (exact) mass is 234 g/mol. The maximum absolute atomic E-state index is 6.03. The van der Waals surface area contributed by atoms with E-state index in [1.807, 2.05) is 6.92 Å². The second-order valence-electron chi connectivity index (χ2n) is 4.79. The van der Waals surface area contributed by atoms with Crippen LogP contribution in [0.3, 0.4) is 0 Å². The van der Waals surface area contributed by atoms with E-state index in [2.05, 4.69) is 29.2 Å². The number of methoxy groups -OCH3 is 1. The molecule has 0 amide bonds. The van der Waals surface area contributed by atoms with Crippen LogP contribution in [0.25, 0.3) is 0 Å². The number of ether oxygens (including phenoxy) is 1. The molecule has 2 N–H and O–H groups in total. The molecule has 1 saturated heterocycles. The summed E-state index contributed by atoms with van der Waals surface area (Å²) in [5.41, 5.74) is 8.52. The molecule has 1 aliphatic rings. The second-order valence-corrected chi connectivity index (χ2v) is 4.79. The van der Waals surface area contributed by atoms with Crippen molar-refractivity contribution in [3.63, 3.8) is 0 Å². The number of piperidine rings is 1. The van der Waals surface area contributed by atoms with Gasteiger partial charge >= 0.3 is 0 Å². The summed E-state index contributed by atoms with van der Waals surface area (Å²) in [6, 6.07) is 8.50.